The smallest absolute Gasteiger partial charge is 0.347 e. The van der Waals surface area contributed by atoms with E-state index >= 15 is 0 Å². The van der Waals surface area contributed by atoms with Crippen LogP contribution in [0.5, 0.6) is 5.75 Å². The van der Waals surface area contributed by atoms with Gasteiger partial charge in [-0.3, -0.25) is 4.90 Å². The van der Waals surface area contributed by atoms with Gasteiger partial charge in [-0.25, -0.2) is 9.78 Å². The molecule has 1 aliphatic heterocycles. The van der Waals surface area contributed by atoms with E-state index in [1.54, 1.807) is 12.1 Å². The van der Waals surface area contributed by atoms with E-state index in [2.05, 4.69) is 9.88 Å². The summed E-state index contributed by atoms with van der Waals surface area (Å²) in [6.45, 7) is 6.56. The summed E-state index contributed by atoms with van der Waals surface area (Å²) >= 11 is 7.30. The van der Waals surface area contributed by atoms with Crippen molar-refractivity contribution in [1.29, 1.82) is 0 Å². The molecule has 1 aliphatic rings. The van der Waals surface area contributed by atoms with Crippen LogP contribution >= 0.6 is 22.9 Å². The van der Waals surface area contributed by atoms with Gasteiger partial charge in [0.05, 0.1) is 24.5 Å². The van der Waals surface area contributed by atoms with Crippen molar-refractivity contribution in [3.63, 3.8) is 0 Å². The van der Waals surface area contributed by atoms with Crippen LogP contribution in [0.3, 0.4) is 0 Å². The highest BCUT2D eigenvalue weighted by molar-refractivity contribution is 7.17. The number of hydrogen-bond donors (Lipinski definition) is 1. The second kappa shape index (κ2) is 8.81. The van der Waals surface area contributed by atoms with E-state index in [4.69, 9.17) is 21.1 Å². The molecule has 0 aliphatic carbocycles. The number of thiazole rings is 1. The molecule has 2 heterocycles. The number of morpholine rings is 1. The maximum Gasteiger partial charge on any atom is 0.347 e. The molecule has 8 heteroatoms. The lowest BCUT2D eigenvalue weighted by molar-refractivity contribution is 0.0323. The van der Waals surface area contributed by atoms with Crippen molar-refractivity contribution in [3.8, 4) is 16.3 Å². The number of nitrogens with zero attached hydrogens (tertiary/aromatic N) is 2. The maximum absolute atomic E-state index is 11.4. The molecule has 0 bridgehead atoms. The number of rotatable bonds is 7. The highest BCUT2D eigenvalue weighted by atomic mass is 35.5. The van der Waals surface area contributed by atoms with Gasteiger partial charge >= 0.3 is 5.97 Å². The molecule has 1 aromatic heterocycles. The van der Waals surface area contributed by atoms with E-state index in [9.17, 15) is 9.90 Å². The Labute approximate surface area is 161 Å². The van der Waals surface area contributed by atoms with Crippen LogP contribution in [0.2, 0.25) is 5.02 Å². The molecule has 2 aromatic rings. The Morgan fingerprint density at radius 3 is 2.85 bits per heavy atom. The number of carbonyl (C=O) groups is 1. The third-order valence-electron chi connectivity index (χ3n) is 4.17. The third kappa shape index (κ3) is 4.54. The topological polar surface area (TPSA) is 71.9 Å². The fourth-order valence-electron chi connectivity index (χ4n) is 2.78. The third-order valence-corrected chi connectivity index (χ3v) is 5.52. The molecule has 0 radical (unpaired) electrons. The minimum Gasteiger partial charge on any atom is -0.492 e. The van der Waals surface area contributed by atoms with E-state index in [1.807, 2.05) is 13.0 Å². The van der Waals surface area contributed by atoms with Crippen LogP contribution in [0, 0.1) is 0 Å². The highest BCUT2D eigenvalue weighted by Crippen LogP contribution is 2.36. The number of ether oxygens (including phenoxy) is 2. The van der Waals surface area contributed by atoms with Crippen molar-refractivity contribution in [1.82, 2.24) is 9.88 Å². The van der Waals surface area contributed by atoms with Crippen LogP contribution < -0.4 is 4.74 Å². The Bertz CT molecular complexity index is 775. The zero-order chi connectivity index (χ0) is 18.5. The zero-order valence-electron chi connectivity index (χ0n) is 14.5. The van der Waals surface area contributed by atoms with Crippen molar-refractivity contribution >= 4 is 28.9 Å². The van der Waals surface area contributed by atoms with Crippen LogP contribution in [-0.2, 0) is 11.2 Å². The molecule has 26 heavy (non-hydrogen) atoms. The van der Waals surface area contributed by atoms with Crippen LogP contribution in [0.15, 0.2) is 18.2 Å². The van der Waals surface area contributed by atoms with Gasteiger partial charge in [-0.2, -0.15) is 0 Å². The van der Waals surface area contributed by atoms with Crippen molar-refractivity contribution in [2.75, 3.05) is 39.5 Å². The van der Waals surface area contributed by atoms with Gasteiger partial charge in [0.1, 0.15) is 22.2 Å². The molecule has 0 amide bonds. The normalized spacial score (nSPS) is 15.2. The number of halogens is 1. The number of carboxylic acids is 1. The van der Waals surface area contributed by atoms with Gasteiger partial charge in [0.2, 0.25) is 0 Å². The molecule has 140 valence electrons. The summed E-state index contributed by atoms with van der Waals surface area (Å²) < 4.78 is 11.3. The van der Waals surface area contributed by atoms with Crippen molar-refractivity contribution in [2.24, 2.45) is 0 Å². The Balaban J connectivity index is 1.78. The van der Waals surface area contributed by atoms with E-state index in [0.717, 1.165) is 49.7 Å². The Morgan fingerprint density at radius 1 is 1.42 bits per heavy atom. The highest BCUT2D eigenvalue weighted by Gasteiger charge is 2.19. The second-order valence-corrected chi connectivity index (χ2v) is 7.33. The number of hydrogen-bond acceptors (Lipinski definition) is 6. The molecular weight excluding hydrogens is 376 g/mol. The van der Waals surface area contributed by atoms with Gasteiger partial charge in [0, 0.05) is 24.7 Å². The summed E-state index contributed by atoms with van der Waals surface area (Å²) in [6, 6.07) is 5.35. The quantitative estimate of drug-likeness (QED) is 0.773. The number of benzene rings is 1. The molecule has 0 atom stereocenters. The largest absolute Gasteiger partial charge is 0.492 e. The number of aromatic carboxylic acids is 1. The first-order valence-corrected chi connectivity index (χ1v) is 9.73. The van der Waals surface area contributed by atoms with Gasteiger partial charge in [-0.05, 0) is 24.6 Å². The summed E-state index contributed by atoms with van der Waals surface area (Å²) in [4.78, 5) is 18.5. The lowest BCUT2D eigenvalue weighted by Crippen LogP contribution is -2.38. The summed E-state index contributed by atoms with van der Waals surface area (Å²) in [5.74, 6) is -0.293. The maximum atomic E-state index is 11.4. The summed E-state index contributed by atoms with van der Waals surface area (Å²) in [5, 5.41) is 10.5. The molecule has 0 unspecified atom stereocenters. The minimum atomic E-state index is -0.956. The molecule has 6 nitrogen and oxygen atoms in total. The molecule has 0 spiro atoms. The molecule has 0 saturated carbocycles. The van der Waals surface area contributed by atoms with Crippen LogP contribution in [0.25, 0.3) is 10.6 Å². The van der Waals surface area contributed by atoms with Gasteiger partial charge in [-0.15, -0.1) is 11.3 Å². The molecule has 1 saturated heterocycles. The van der Waals surface area contributed by atoms with Crippen LogP contribution in [-0.4, -0.2) is 60.4 Å². The number of aromatic nitrogens is 1. The van der Waals surface area contributed by atoms with Gasteiger partial charge in [0.15, 0.2) is 0 Å². The van der Waals surface area contributed by atoms with Gasteiger partial charge in [-0.1, -0.05) is 18.5 Å². The first kappa shape index (κ1) is 19.1. The van der Waals surface area contributed by atoms with Crippen LogP contribution in [0.4, 0.5) is 0 Å². The Morgan fingerprint density at radius 2 is 2.19 bits per heavy atom. The number of carboxylic acid groups (broad SMARTS) is 1. The average molecular weight is 397 g/mol. The SMILES string of the molecule is CCc1nc(-c2cc(Cl)ccc2OCCN2CCOCC2)sc1C(=O)O. The first-order chi connectivity index (χ1) is 12.6. The lowest BCUT2D eigenvalue weighted by atomic mass is 10.2. The predicted molar refractivity (Wildman–Crippen MR) is 102 cm³/mol. The van der Waals surface area contributed by atoms with Crippen molar-refractivity contribution in [3.05, 3.63) is 33.8 Å². The van der Waals surface area contributed by atoms with Gasteiger partial charge < -0.3 is 14.6 Å². The van der Waals surface area contributed by atoms with E-state index in [-0.39, 0.29) is 4.88 Å². The minimum absolute atomic E-state index is 0.266. The van der Waals surface area contributed by atoms with Gasteiger partial charge in [0.25, 0.3) is 0 Å². The fourth-order valence-corrected chi connectivity index (χ4v) is 3.96. The second-order valence-electron chi connectivity index (χ2n) is 5.90. The van der Waals surface area contributed by atoms with Crippen LogP contribution in [0.1, 0.15) is 22.3 Å². The van der Waals surface area contributed by atoms with E-state index in [1.165, 1.54) is 0 Å². The van der Waals surface area contributed by atoms with Crippen molar-refractivity contribution < 1.29 is 19.4 Å². The standard InChI is InChI=1S/C18H21ClN2O4S/c1-2-14-16(18(22)23)26-17(20-14)13-11-12(19)3-4-15(13)25-10-7-21-5-8-24-9-6-21/h3-4,11H,2,5-10H2,1H3,(H,22,23). The first-order valence-electron chi connectivity index (χ1n) is 8.54. The predicted octanol–water partition coefficient (Wildman–Crippen LogP) is 3.44. The number of aryl methyl sites for hydroxylation is 1. The van der Waals surface area contributed by atoms with Crippen molar-refractivity contribution in [2.45, 2.75) is 13.3 Å². The average Bonchev–Trinajstić information content (AvgIpc) is 3.08. The van der Waals surface area contributed by atoms with E-state index < -0.39 is 5.97 Å². The molecule has 3 rings (SSSR count). The summed E-state index contributed by atoms with van der Waals surface area (Å²) in [5.41, 5.74) is 1.31. The Kier molecular flexibility index (Phi) is 6.48. The fraction of sp³-hybridized carbons (Fsp3) is 0.444. The lowest BCUT2D eigenvalue weighted by Gasteiger charge is -2.26. The monoisotopic (exact) mass is 396 g/mol. The van der Waals surface area contributed by atoms with E-state index in [0.29, 0.717) is 34.5 Å². The molecule has 1 aromatic carbocycles. The molecular formula is C18H21ClN2O4S. The summed E-state index contributed by atoms with van der Waals surface area (Å²) in [6.07, 6.45) is 0.561. The summed E-state index contributed by atoms with van der Waals surface area (Å²) in [7, 11) is 0. The molecule has 1 N–H and O–H groups in total. The zero-order valence-corrected chi connectivity index (χ0v) is 16.1. The molecule has 1 fully saturated rings. The Hall–Kier alpha value is -1.67.